The minimum absolute atomic E-state index is 0.153. The highest BCUT2D eigenvalue weighted by atomic mass is 16.6. The molecule has 0 amide bonds. The first-order valence-electron chi connectivity index (χ1n) is 5.93. The molecule has 2 rings (SSSR count). The van der Waals surface area contributed by atoms with Crippen LogP contribution in [0.5, 0.6) is 0 Å². The van der Waals surface area contributed by atoms with Crippen LogP contribution in [0.1, 0.15) is 38.2 Å². The van der Waals surface area contributed by atoms with E-state index in [4.69, 9.17) is 0 Å². The lowest BCUT2D eigenvalue weighted by molar-refractivity contribution is -0.383. The summed E-state index contributed by atoms with van der Waals surface area (Å²) in [6, 6.07) is 5.24. The van der Waals surface area contributed by atoms with Crippen LogP contribution >= 0.6 is 0 Å². The maximum atomic E-state index is 10.9. The molecule has 0 saturated heterocycles. The number of nitrogens with zero attached hydrogens (tertiary/aromatic N) is 1. The van der Waals surface area contributed by atoms with Crippen LogP contribution in [0, 0.1) is 10.1 Å². The van der Waals surface area contributed by atoms with Crippen molar-refractivity contribution in [2.45, 2.75) is 32.6 Å². The zero-order valence-corrected chi connectivity index (χ0v) is 10.1. The van der Waals surface area contributed by atoms with Gasteiger partial charge in [-0.15, -0.1) is 0 Å². The number of para-hydroxylation sites is 1. The Hall–Kier alpha value is -1.84. The van der Waals surface area contributed by atoms with Crippen LogP contribution in [0.4, 0.5) is 5.69 Å². The van der Waals surface area contributed by atoms with Crippen LogP contribution in [0.2, 0.25) is 0 Å². The quantitative estimate of drug-likeness (QED) is 0.640. The number of benzene rings is 1. The van der Waals surface area contributed by atoms with E-state index in [1.165, 1.54) is 11.6 Å². The fourth-order valence-corrected chi connectivity index (χ4v) is 2.38. The van der Waals surface area contributed by atoms with Crippen LogP contribution in [0.25, 0.3) is 10.9 Å². The van der Waals surface area contributed by atoms with Crippen molar-refractivity contribution in [3.05, 3.63) is 40.1 Å². The largest absolute Gasteiger partial charge is 0.355 e. The molecule has 0 aliphatic heterocycles. The Morgan fingerprint density at radius 3 is 2.65 bits per heavy atom. The first-order valence-corrected chi connectivity index (χ1v) is 5.93. The average molecular weight is 232 g/mol. The van der Waals surface area contributed by atoms with E-state index in [0.717, 1.165) is 18.2 Å². The smallest absolute Gasteiger partial charge is 0.293 e. The van der Waals surface area contributed by atoms with Crippen LogP contribution in [-0.2, 0) is 0 Å². The van der Waals surface area contributed by atoms with E-state index in [2.05, 4.69) is 18.8 Å². The van der Waals surface area contributed by atoms with Gasteiger partial charge in [-0.2, -0.15) is 0 Å². The van der Waals surface area contributed by atoms with Crippen molar-refractivity contribution in [1.29, 1.82) is 0 Å². The van der Waals surface area contributed by atoms with Crippen LogP contribution in [-0.4, -0.2) is 9.91 Å². The van der Waals surface area contributed by atoms with Gasteiger partial charge in [-0.05, 0) is 24.3 Å². The van der Waals surface area contributed by atoms with Crippen molar-refractivity contribution in [2.24, 2.45) is 0 Å². The van der Waals surface area contributed by atoms with Crippen LogP contribution in [0.15, 0.2) is 24.4 Å². The lowest BCUT2D eigenvalue weighted by Gasteiger charge is -2.10. The Balaban J connectivity index is 2.62. The molecule has 90 valence electrons. The van der Waals surface area contributed by atoms with Crippen molar-refractivity contribution in [3.63, 3.8) is 0 Å². The first-order chi connectivity index (χ1) is 8.19. The van der Waals surface area contributed by atoms with E-state index in [1.807, 2.05) is 12.3 Å². The third kappa shape index (κ3) is 1.90. The highest BCUT2D eigenvalue weighted by Crippen LogP contribution is 2.33. The summed E-state index contributed by atoms with van der Waals surface area (Å²) < 4.78 is 0. The van der Waals surface area contributed by atoms with Gasteiger partial charge in [0.1, 0.15) is 5.52 Å². The van der Waals surface area contributed by atoms with E-state index in [-0.39, 0.29) is 10.6 Å². The number of non-ortho nitro benzene ring substituents is 1. The maximum absolute atomic E-state index is 10.9. The number of H-pyrrole nitrogens is 1. The molecule has 0 radical (unpaired) electrons. The van der Waals surface area contributed by atoms with Gasteiger partial charge in [-0.3, -0.25) is 10.1 Å². The number of nitrogens with one attached hydrogen (secondary N) is 1. The minimum Gasteiger partial charge on any atom is -0.355 e. The van der Waals surface area contributed by atoms with Crippen molar-refractivity contribution in [1.82, 2.24) is 4.98 Å². The molecule has 0 atom stereocenters. The van der Waals surface area contributed by atoms with Crippen molar-refractivity contribution < 1.29 is 4.92 Å². The summed E-state index contributed by atoms with van der Waals surface area (Å²) in [6.45, 7) is 4.29. The Labute approximate surface area is 99.8 Å². The van der Waals surface area contributed by atoms with Gasteiger partial charge < -0.3 is 4.98 Å². The van der Waals surface area contributed by atoms with E-state index < -0.39 is 0 Å². The third-order valence-corrected chi connectivity index (χ3v) is 3.35. The summed E-state index contributed by atoms with van der Waals surface area (Å²) in [5, 5.41) is 11.9. The van der Waals surface area contributed by atoms with Gasteiger partial charge in [0.2, 0.25) is 0 Å². The second-order valence-electron chi connectivity index (χ2n) is 4.21. The minimum atomic E-state index is -0.338. The summed E-state index contributed by atoms with van der Waals surface area (Å²) in [7, 11) is 0. The summed E-state index contributed by atoms with van der Waals surface area (Å²) in [5.41, 5.74) is 1.98. The van der Waals surface area contributed by atoms with Crippen LogP contribution in [0.3, 0.4) is 0 Å². The highest BCUT2D eigenvalue weighted by molar-refractivity contribution is 5.90. The van der Waals surface area contributed by atoms with Crippen LogP contribution < -0.4 is 0 Å². The molecular formula is C13H16N2O2. The van der Waals surface area contributed by atoms with Gasteiger partial charge in [0.25, 0.3) is 5.69 Å². The van der Waals surface area contributed by atoms with Crippen molar-refractivity contribution in [2.75, 3.05) is 0 Å². The number of fused-ring (bicyclic) bond motifs is 1. The lowest BCUT2D eigenvalue weighted by atomic mass is 9.93. The Kier molecular flexibility index (Phi) is 3.13. The molecule has 1 aromatic carbocycles. The number of nitro groups is 1. The SMILES string of the molecule is CCC(CC)c1c[nH]c2c([N+](=O)[O-])cccc12. The predicted molar refractivity (Wildman–Crippen MR) is 68.3 cm³/mol. The third-order valence-electron chi connectivity index (χ3n) is 3.35. The summed E-state index contributed by atoms with van der Waals surface area (Å²) in [4.78, 5) is 13.6. The van der Waals surface area contributed by atoms with Gasteiger partial charge in [-0.1, -0.05) is 26.0 Å². The average Bonchev–Trinajstić information content (AvgIpc) is 2.74. The molecule has 4 nitrogen and oxygen atoms in total. The number of aromatic amines is 1. The number of hydrogen-bond donors (Lipinski definition) is 1. The molecule has 17 heavy (non-hydrogen) atoms. The van der Waals surface area contributed by atoms with Crippen molar-refractivity contribution >= 4 is 16.6 Å². The number of rotatable bonds is 4. The molecule has 1 N–H and O–H groups in total. The number of hydrogen-bond acceptors (Lipinski definition) is 2. The van der Waals surface area contributed by atoms with Gasteiger partial charge in [-0.25, -0.2) is 0 Å². The molecule has 4 heteroatoms. The normalized spacial score (nSPS) is 11.2. The monoisotopic (exact) mass is 232 g/mol. The molecule has 0 unspecified atom stereocenters. The fourth-order valence-electron chi connectivity index (χ4n) is 2.38. The van der Waals surface area contributed by atoms with Gasteiger partial charge in [0.15, 0.2) is 0 Å². The van der Waals surface area contributed by atoms with E-state index in [9.17, 15) is 10.1 Å². The highest BCUT2D eigenvalue weighted by Gasteiger charge is 2.18. The Bertz CT molecular complexity index is 541. The second-order valence-corrected chi connectivity index (χ2v) is 4.21. The van der Waals surface area contributed by atoms with Gasteiger partial charge >= 0.3 is 0 Å². The first kappa shape index (κ1) is 11.6. The molecular weight excluding hydrogens is 216 g/mol. The zero-order valence-electron chi connectivity index (χ0n) is 10.1. The maximum Gasteiger partial charge on any atom is 0.293 e. The molecule has 2 aromatic rings. The van der Waals surface area contributed by atoms with E-state index in [0.29, 0.717) is 11.4 Å². The molecule has 0 aliphatic carbocycles. The predicted octanol–water partition coefficient (Wildman–Crippen LogP) is 3.98. The fraction of sp³-hybridized carbons (Fsp3) is 0.385. The zero-order chi connectivity index (χ0) is 12.4. The van der Waals surface area contributed by atoms with Gasteiger partial charge in [0.05, 0.1) is 4.92 Å². The standard InChI is InChI=1S/C13H16N2O2/c1-3-9(4-2)11-8-14-13-10(11)6-5-7-12(13)15(16)17/h5-9,14H,3-4H2,1-2H3. The molecule has 0 saturated carbocycles. The molecule has 0 fully saturated rings. The summed E-state index contributed by atoms with van der Waals surface area (Å²) in [5.74, 6) is 0.464. The topological polar surface area (TPSA) is 58.9 Å². The van der Waals surface area contributed by atoms with Gasteiger partial charge in [0, 0.05) is 17.6 Å². The molecule has 0 bridgehead atoms. The van der Waals surface area contributed by atoms with Crippen molar-refractivity contribution in [3.8, 4) is 0 Å². The molecule has 0 spiro atoms. The number of aromatic nitrogens is 1. The van der Waals surface area contributed by atoms with E-state index in [1.54, 1.807) is 6.07 Å². The lowest BCUT2D eigenvalue weighted by Crippen LogP contribution is -1.94. The Morgan fingerprint density at radius 2 is 2.06 bits per heavy atom. The second kappa shape index (κ2) is 4.57. The van der Waals surface area contributed by atoms with E-state index >= 15 is 0 Å². The molecule has 1 aromatic heterocycles. The summed E-state index contributed by atoms with van der Waals surface area (Å²) in [6.07, 6.45) is 4.01. The number of nitro benzene ring substituents is 1. The molecule has 0 aliphatic rings. The molecule has 1 heterocycles. The summed E-state index contributed by atoms with van der Waals surface area (Å²) >= 11 is 0. The Morgan fingerprint density at radius 1 is 1.35 bits per heavy atom.